The van der Waals surface area contributed by atoms with Crippen LogP contribution in [0.5, 0.6) is 0 Å². The van der Waals surface area contributed by atoms with Gasteiger partial charge in [0.2, 0.25) is 0 Å². The molecule has 0 aliphatic carbocycles. The third-order valence-corrected chi connectivity index (χ3v) is 5.00. The van der Waals surface area contributed by atoms with Gasteiger partial charge in [-0.1, -0.05) is 12.1 Å². The molecule has 0 bridgehead atoms. The number of thiophene rings is 1. The minimum absolute atomic E-state index is 0.158. The van der Waals surface area contributed by atoms with E-state index in [4.69, 9.17) is 0 Å². The van der Waals surface area contributed by atoms with E-state index in [2.05, 4.69) is 25.6 Å². The topological polar surface area (TPSA) is 82.7 Å². The van der Waals surface area contributed by atoms with Gasteiger partial charge in [-0.2, -0.15) is 0 Å². The average Bonchev–Trinajstić information content (AvgIpc) is 3.33. The fourth-order valence-corrected chi connectivity index (χ4v) is 3.50. The molecule has 6 nitrogen and oxygen atoms in total. The summed E-state index contributed by atoms with van der Waals surface area (Å²) in [5.41, 5.74) is 2.39. The maximum atomic E-state index is 12.9. The predicted molar refractivity (Wildman–Crippen MR) is 104 cm³/mol. The molecule has 8 heteroatoms. The van der Waals surface area contributed by atoms with E-state index < -0.39 is 0 Å². The van der Waals surface area contributed by atoms with Crippen LogP contribution in [-0.2, 0) is 6.42 Å². The molecule has 4 rings (SSSR count). The number of nitrogens with one attached hydrogen (secondary N) is 3. The number of amides is 1. The molecular formula is C19H16FN5OS. The lowest BCUT2D eigenvalue weighted by Gasteiger charge is -2.09. The lowest BCUT2D eigenvalue weighted by atomic mass is 10.1. The van der Waals surface area contributed by atoms with Gasteiger partial charge in [0.05, 0.1) is 11.1 Å². The zero-order valence-electron chi connectivity index (χ0n) is 14.2. The first-order valence-electron chi connectivity index (χ1n) is 8.36. The van der Waals surface area contributed by atoms with Gasteiger partial charge in [0, 0.05) is 12.7 Å². The molecule has 0 saturated carbocycles. The fourth-order valence-electron chi connectivity index (χ4n) is 2.73. The Morgan fingerprint density at radius 1 is 1.15 bits per heavy atom. The average molecular weight is 381 g/mol. The molecule has 27 heavy (non-hydrogen) atoms. The lowest BCUT2D eigenvalue weighted by Crippen LogP contribution is -2.25. The third-order valence-electron chi connectivity index (χ3n) is 4.09. The number of fused-ring (bicyclic) bond motifs is 1. The van der Waals surface area contributed by atoms with Crippen LogP contribution in [0.25, 0.3) is 11.0 Å². The van der Waals surface area contributed by atoms with Crippen molar-refractivity contribution in [3.05, 3.63) is 70.6 Å². The molecule has 136 valence electrons. The Labute approximate surface area is 158 Å². The molecule has 0 radical (unpaired) electrons. The van der Waals surface area contributed by atoms with Gasteiger partial charge >= 0.3 is 0 Å². The zero-order valence-corrected chi connectivity index (χ0v) is 15.0. The molecule has 0 atom stereocenters. The van der Waals surface area contributed by atoms with E-state index in [-0.39, 0.29) is 11.7 Å². The molecule has 0 aliphatic rings. The van der Waals surface area contributed by atoms with E-state index in [9.17, 15) is 9.18 Å². The van der Waals surface area contributed by atoms with Crippen molar-refractivity contribution in [1.29, 1.82) is 0 Å². The smallest absolute Gasteiger partial charge is 0.263 e. The first-order chi connectivity index (χ1) is 13.2. The number of H-pyrrole nitrogens is 1. The summed E-state index contributed by atoms with van der Waals surface area (Å²) in [6, 6.07) is 10.0. The number of aromatic amines is 1. The largest absolute Gasteiger partial charge is 0.351 e. The van der Waals surface area contributed by atoms with Gasteiger partial charge in [0.25, 0.3) is 5.91 Å². The summed E-state index contributed by atoms with van der Waals surface area (Å²) in [7, 11) is 0. The summed E-state index contributed by atoms with van der Waals surface area (Å²) in [4.78, 5) is 24.6. The number of anilines is 2. The van der Waals surface area contributed by atoms with Crippen molar-refractivity contribution < 1.29 is 9.18 Å². The predicted octanol–water partition coefficient (Wildman–Crippen LogP) is 3.87. The first-order valence-corrected chi connectivity index (χ1v) is 9.24. The minimum Gasteiger partial charge on any atom is -0.351 e. The second-order valence-electron chi connectivity index (χ2n) is 5.88. The zero-order chi connectivity index (χ0) is 18.6. The fraction of sp³-hybridized carbons (Fsp3) is 0.105. The van der Waals surface area contributed by atoms with Crippen LogP contribution >= 0.6 is 11.3 Å². The molecule has 0 aliphatic heterocycles. The van der Waals surface area contributed by atoms with Crippen LogP contribution in [0.15, 0.2) is 54.3 Å². The Kier molecular flexibility index (Phi) is 4.80. The Morgan fingerprint density at radius 3 is 2.85 bits per heavy atom. The highest BCUT2D eigenvalue weighted by Crippen LogP contribution is 2.28. The van der Waals surface area contributed by atoms with Crippen molar-refractivity contribution >= 4 is 39.8 Å². The van der Waals surface area contributed by atoms with Crippen LogP contribution in [0.1, 0.15) is 15.2 Å². The summed E-state index contributed by atoms with van der Waals surface area (Å²) in [6.07, 6.45) is 3.90. The van der Waals surface area contributed by atoms with Gasteiger partial charge < -0.3 is 15.6 Å². The van der Waals surface area contributed by atoms with E-state index in [0.717, 1.165) is 16.6 Å². The molecule has 3 heterocycles. The molecule has 0 spiro atoms. The Balaban J connectivity index is 1.42. The number of carbonyl (C=O) groups is 1. The molecule has 4 aromatic rings. The normalized spacial score (nSPS) is 10.9. The standard InChI is InChI=1S/C19H16FN5OS/c20-13-3-1-12(2-4-13)5-8-22-19(26)16-15(7-10-27-16)25-18-14-6-9-21-17(14)23-11-24-18/h1-4,6-7,9-11H,5,8H2,(H,22,26)(H2,21,23,24,25). The number of hydrogen-bond donors (Lipinski definition) is 3. The van der Waals surface area contributed by atoms with Crippen LogP contribution in [0.2, 0.25) is 0 Å². The number of benzene rings is 1. The van der Waals surface area contributed by atoms with Crippen LogP contribution < -0.4 is 10.6 Å². The Hall–Kier alpha value is -3.26. The monoisotopic (exact) mass is 381 g/mol. The second-order valence-corrected chi connectivity index (χ2v) is 6.80. The SMILES string of the molecule is O=C(NCCc1ccc(F)cc1)c1sccc1Nc1ncnc2[nH]ccc12. The quantitative estimate of drug-likeness (QED) is 0.473. The van der Waals surface area contributed by atoms with Gasteiger partial charge in [-0.15, -0.1) is 11.3 Å². The number of aromatic nitrogens is 3. The maximum absolute atomic E-state index is 12.9. The number of halogens is 1. The molecule has 0 unspecified atom stereocenters. The highest BCUT2D eigenvalue weighted by molar-refractivity contribution is 7.12. The highest BCUT2D eigenvalue weighted by atomic mass is 32.1. The van der Waals surface area contributed by atoms with Gasteiger partial charge in [0.15, 0.2) is 0 Å². The molecule has 3 N–H and O–H groups in total. The number of carbonyl (C=O) groups excluding carboxylic acids is 1. The summed E-state index contributed by atoms with van der Waals surface area (Å²) in [5, 5.41) is 8.83. The molecule has 0 fully saturated rings. The molecular weight excluding hydrogens is 365 g/mol. The van der Waals surface area contributed by atoms with Gasteiger partial charge in [-0.3, -0.25) is 4.79 Å². The number of hydrogen-bond acceptors (Lipinski definition) is 5. The van der Waals surface area contributed by atoms with E-state index in [1.54, 1.807) is 18.3 Å². The second kappa shape index (κ2) is 7.55. The number of nitrogens with zero attached hydrogens (tertiary/aromatic N) is 2. The maximum Gasteiger partial charge on any atom is 0.263 e. The Bertz CT molecular complexity index is 1070. The van der Waals surface area contributed by atoms with Crippen molar-refractivity contribution in [3.63, 3.8) is 0 Å². The van der Waals surface area contributed by atoms with Crippen LogP contribution in [-0.4, -0.2) is 27.4 Å². The van der Waals surface area contributed by atoms with E-state index >= 15 is 0 Å². The van der Waals surface area contributed by atoms with E-state index in [0.29, 0.717) is 29.3 Å². The lowest BCUT2D eigenvalue weighted by molar-refractivity contribution is 0.0959. The Morgan fingerprint density at radius 2 is 2.00 bits per heavy atom. The summed E-state index contributed by atoms with van der Waals surface area (Å²) in [5.74, 6) is 0.215. The summed E-state index contributed by atoms with van der Waals surface area (Å²) in [6.45, 7) is 0.470. The van der Waals surface area contributed by atoms with Crippen molar-refractivity contribution in [2.75, 3.05) is 11.9 Å². The van der Waals surface area contributed by atoms with Gasteiger partial charge in [-0.25, -0.2) is 14.4 Å². The molecule has 3 aromatic heterocycles. The highest BCUT2D eigenvalue weighted by Gasteiger charge is 2.15. The van der Waals surface area contributed by atoms with Crippen molar-refractivity contribution in [3.8, 4) is 0 Å². The van der Waals surface area contributed by atoms with Crippen molar-refractivity contribution in [1.82, 2.24) is 20.3 Å². The third kappa shape index (κ3) is 3.80. The van der Waals surface area contributed by atoms with Gasteiger partial charge in [-0.05, 0) is 41.6 Å². The van der Waals surface area contributed by atoms with Crippen LogP contribution in [0.3, 0.4) is 0 Å². The first kappa shape index (κ1) is 17.2. The van der Waals surface area contributed by atoms with Crippen molar-refractivity contribution in [2.45, 2.75) is 6.42 Å². The molecule has 1 amide bonds. The summed E-state index contributed by atoms with van der Waals surface area (Å²) >= 11 is 1.36. The summed E-state index contributed by atoms with van der Waals surface area (Å²) < 4.78 is 12.9. The van der Waals surface area contributed by atoms with E-state index in [1.807, 2.05) is 17.5 Å². The molecule has 0 saturated heterocycles. The molecule has 1 aromatic carbocycles. The number of rotatable bonds is 6. The van der Waals surface area contributed by atoms with Gasteiger partial charge in [0.1, 0.15) is 28.5 Å². The van der Waals surface area contributed by atoms with Crippen molar-refractivity contribution in [2.24, 2.45) is 0 Å². The minimum atomic E-state index is -0.265. The van der Waals surface area contributed by atoms with Crippen LogP contribution in [0.4, 0.5) is 15.9 Å². The van der Waals surface area contributed by atoms with E-state index in [1.165, 1.54) is 29.8 Å². The van der Waals surface area contributed by atoms with Crippen LogP contribution in [0, 0.1) is 5.82 Å².